The maximum absolute atomic E-state index is 12.7. The monoisotopic (exact) mass is 273 g/mol. The van der Waals surface area contributed by atoms with E-state index < -0.39 is 18.3 Å². The molecular formula is C10H15F4NOS. The van der Waals surface area contributed by atoms with Gasteiger partial charge in [0, 0.05) is 11.3 Å². The van der Waals surface area contributed by atoms with E-state index in [0.29, 0.717) is 0 Å². The second kappa shape index (κ2) is 5.46. The van der Waals surface area contributed by atoms with Gasteiger partial charge in [-0.2, -0.15) is 20.5 Å². The molecule has 1 aliphatic rings. The molecule has 0 aromatic carbocycles. The van der Waals surface area contributed by atoms with Crippen molar-refractivity contribution in [3.63, 3.8) is 0 Å². The van der Waals surface area contributed by atoms with Crippen LogP contribution in [0.4, 0.5) is 17.6 Å². The molecule has 0 aromatic rings. The van der Waals surface area contributed by atoms with Gasteiger partial charge in [-0.05, 0) is 19.1 Å². The Labute approximate surface area is 102 Å². The van der Waals surface area contributed by atoms with Gasteiger partial charge in [-0.15, -0.1) is 0 Å². The summed E-state index contributed by atoms with van der Waals surface area (Å²) in [7, 11) is 0. The Morgan fingerprint density at radius 2 is 1.94 bits per heavy atom. The summed E-state index contributed by atoms with van der Waals surface area (Å²) in [6, 6.07) is 0. The fourth-order valence-corrected chi connectivity index (χ4v) is 2.84. The third-order valence-corrected chi connectivity index (χ3v) is 4.51. The zero-order valence-corrected chi connectivity index (χ0v) is 10.3. The first-order valence-corrected chi connectivity index (χ1v) is 6.56. The molecule has 0 aromatic heterocycles. The van der Waals surface area contributed by atoms with Crippen LogP contribution >= 0.6 is 11.8 Å². The highest BCUT2D eigenvalue weighted by Crippen LogP contribution is 2.39. The molecule has 0 unspecified atom stereocenters. The van der Waals surface area contributed by atoms with Gasteiger partial charge in [-0.25, -0.2) is 8.78 Å². The Hall–Kier alpha value is -0.460. The molecule has 1 N–H and O–H groups in total. The van der Waals surface area contributed by atoms with E-state index in [-0.39, 0.29) is 11.3 Å². The first-order valence-electron chi connectivity index (χ1n) is 5.33. The Kier molecular flexibility index (Phi) is 4.69. The molecule has 0 aliphatic heterocycles. The summed E-state index contributed by atoms with van der Waals surface area (Å²) in [5.41, 5.74) is 0. The topological polar surface area (TPSA) is 29.1 Å². The van der Waals surface area contributed by atoms with Gasteiger partial charge in [-0.1, -0.05) is 12.8 Å². The van der Waals surface area contributed by atoms with Crippen LogP contribution in [0.15, 0.2) is 0 Å². The lowest BCUT2D eigenvalue weighted by molar-refractivity contribution is -0.169. The SMILES string of the molecule is CSC1(CNC(=O)C(F)(F)C(F)F)CCCC1. The van der Waals surface area contributed by atoms with Crippen molar-refractivity contribution in [3.05, 3.63) is 0 Å². The predicted octanol–water partition coefficient (Wildman–Crippen LogP) is 2.68. The smallest absolute Gasteiger partial charge is 0.349 e. The van der Waals surface area contributed by atoms with E-state index in [9.17, 15) is 22.4 Å². The molecular weight excluding hydrogens is 258 g/mol. The zero-order valence-electron chi connectivity index (χ0n) is 9.44. The number of hydrogen-bond acceptors (Lipinski definition) is 2. The minimum absolute atomic E-state index is 0.0231. The van der Waals surface area contributed by atoms with Gasteiger partial charge < -0.3 is 5.32 Å². The van der Waals surface area contributed by atoms with E-state index in [1.54, 1.807) is 0 Å². The normalized spacial score (nSPS) is 19.6. The minimum Gasteiger partial charge on any atom is -0.349 e. The summed E-state index contributed by atoms with van der Waals surface area (Å²) in [6.07, 6.45) is 1.45. The van der Waals surface area contributed by atoms with Crippen molar-refractivity contribution in [1.82, 2.24) is 5.32 Å². The molecule has 7 heteroatoms. The average Bonchev–Trinajstić information content (AvgIpc) is 2.75. The highest BCUT2D eigenvalue weighted by Gasteiger charge is 2.49. The molecule has 2 nitrogen and oxygen atoms in total. The Morgan fingerprint density at radius 1 is 1.41 bits per heavy atom. The maximum atomic E-state index is 12.7. The Balaban J connectivity index is 2.53. The van der Waals surface area contributed by atoms with E-state index in [4.69, 9.17) is 0 Å². The average molecular weight is 273 g/mol. The van der Waals surface area contributed by atoms with Gasteiger partial charge in [0.25, 0.3) is 5.91 Å². The minimum atomic E-state index is -4.60. The van der Waals surface area contributed by atoms with E-state index in [2.05, 4.69) is 0 Å². The van der Waals surface area contributed by atoms with Crippen molar-refractivity contribution >= 4 is 17.7 Å². The Morgan fingerprint density at radius 3 is 2.35 bits per heavy atom. The molecule has 1 amide bonds. The second-order valence-corrected chi connectivity index (χ2v) is 5.47. The predicted molar refractivity (Wildman–Crippen MR) is 58.7 cm³/mol. The van der Waals surface area contributed by atoms with Gasteiger partial charge in [0.2, 0.25) is 0 Å². The Bertz CT molecular complexity index is 279. The van der Waals surface area contributed by atoms with Gasteiger partial charge in [-0.3, -0.25) is 4.79 Å². The summed E-state index contributed by atoms with van der Waals surface area (Å²) in [4.78, 5) is 11.0. The van der Waals surface area contributed by atoms with Crippen LogP contribution < -0.4 is 5.32 Å². The van der Waals surface area contributed by atoms with Crippen LogP contribution in [0, 0.1) is 0 Å². The van der Waals surface area contributed by atoms with E-state index in [1.165, 1.54) is 11.8 Å². The van der Waals surface area contributed by atoms with Gasteiger partial charge in [0.05, 0.1) is 0 Å². The molecule has 0 spiro atoms. The number of carbonyl (C=O) groups is 1. The van der Waals surface area contributed by atoms with Crippen molar-refractivity contribution in [2.24, 2.45) is 0 Å². The van der Waals surface area contributed by atoms with Crippen LogP contribution in [-0.2, 0) is 4.79 Å². The molecule has 0 atom stereocenters. The fraction of sp³-hybridized carbons (Fsp3) is 0.900. The van der Waals surface area contributed by atoms with Gasteiger partial charge in [0.15, 0.2) is 0 Å². The maximum Gasteiger partial charge on any atom is 0.383 e. The number of halogens is 4. The molecule has 1 fully saturated rings. The lowest BCUT2D eigenvalue weighted by Gasteiger charge is -2.27. The summed E-state index contributed by atoms with van der Waals surface area (Å²) in [5.74, 6) is -6.48. The third-order valence-electron chi connectivity index (χ3n) is 3.10. The zero-order chi connectivity index (χ0) is 13.1. The van der Waals surface area contributed by atoms with Crippen molar-refractivity contribution in [2.75, 3.05) is 12.8 Å². The second-order valence-electron chi connectivity index (χ2n) is 4.20. The number of thioether (sulfide) groups is 1. The quantitative estimate of drug-likeness (QED) is 0.780. The highest BCUT2D eigenvalue weighted by atomic mass is 32.2. The molecule has 17 heavy (non-hydrogen) atoms. The summed E-state index contributed by atoms with van der Waals surface area (Å²) < 4.78 is 48.9. The first-order chi connectivity index (χ1) is 7.84. The van der Waals surface area contributed by atoms with Crippen molar-refractivity contribution < 1.29 is 22.4 Å². The molecule has 100 valence electrons. The van der Waals surface area contributed by atoms with Crippen LogP contribution in [0.5, 0.6) is 0 Å². The van der Waals surface area contributed by atoms with Gasteiger partial charge >= 0.3 is 12.3 Å². The highest BCUT2D eigenvalue weighted by molar-refractivity contribution is 8.00. The van der Waals surface area contributed by atoms with Gasteiger partial charge in [0.1, 0.15) is 0 Å². The number of rotatable bonds is 5. The molecule has 0 bridgehead atoms. The molecule has 1 aliphatic carbocycles. The van der Waals surface area contributed by atoms with Crippen LogP contribution in [0.25, 0.3) is 0 Å². The largest absolute Gasteiger partial charge is 0.383 e. The van der Waals surface area contributed by atoms with Crippen molar-refractivity contribution in [2.45, 2.75) is 42.8 Å². The standard InChI is InChI=1S/C10H15F4NOS/c1-17-9(4-2-3-5-9)6-15-8(16)10(13,14)7(11)12/h7H,2-6H2,1H3,(H,15,16). The first kappa shape index (κ1) is 14.6. The molecule has 1 rings (SSSR count). The van der Waals surface area contributed by atoms with Crippen LogP contribution in [0.3, 0.4) is 0 Å². The fourth-order valence-electron chi connectivity index (χ4n) is 1.93. The number of nitrogens with one attached hydrogen (secondary N) is 1. The van der Waals surface area contributed by atoms with Crippen LogP contribution in [0.1, 0.15) is 25.7 Å². The van der Waals surface area contributed by atoms with E-state index >= 15 is 0 Å². The van der Waals surface area contributed by atoms with E-state index in [0.717, 1.165) is 25.7 Å². The lowest BCUT2D eigenvalue weighted by atomic mass is 10.1. The third kappa shape index (κ3) is 3.26. The number of hydrogen-bond donors (Lipinski definition) is 1. The number of alkyl halides is 4. The van der Waals surface area contributed by atoms with E-state index in [1.807, 2.05) is 11.6 Å². The number of carbonyl (C=O) groups excluding carboxylic acids is 1. The van der Waals surface area contributed by atoms with Crippen molar-refractivity contribution in [3.8, 4) is 0 Å². The number of amides is 1. The molecule has 0 saturated heterocycles. The summed E-state index contributed by atoms with van der Waals surface area (Å²) in [6.45, 7) is 0.0231. The lowest BCUT2D eigenvalue weighted by Crippen LogP contribution is -2.49. The molecule has 0 heterocycles. The van der Waals surface area contributed by atoms with Crippen LogP contribution in [-0.4, -0.2) is 35.8 Å². The van der Waals surface area contributed by atoms with Crippen LogP contribution in [0.2, 0.25) is 0 Å². The van der Waals surface area contributed by atoms with Crippen molar-refractivity contribution in [1.29, 1.82) is 0 Å². The summed E-state index contributed by atoms with van der Waals surface area (Å²) in [5, 5.41) is 1.95. The molecule has 1 saturated carbocycles. The summed E-state index contributed by atoms with van der Waals surface area (Å²) >= 11 is 1.49. The molecule has 0 radical (unpaired) electrons.